The van der Waals surface area contributed by atoms with Crippen LogP contribution in [0.5, 0.6) is 5.75 Å². The number of anilines is 1. The lowest BCUT2D eigenvalue weighted by molar-refractivity contribution is -0.122. The number of ether oxygens (including phenoxy) is 1. The molecule has 2 aromatic rings. The van der Waals surface area contributed by atoms with Crippen molar-refractivity contribution in [2.75, 3.05) is 5.32 Å². The lowest BCUT2D eigenvalue weighted by atomic mass is 10.2. The van der Waals surface area contributed by atoms with Crippen LogP contribution in [-0.4, -0.2) is 12.0 Å². The Morgan fingerprint density at radius 2 is 1.82 bits per heavy atom. The maximum Gasteiger partial charge on any atom is 0.265 e. The summed E-state index contributed by atoms with van der Waals surface area (Å²) in [5, 5.41) is 3.83. The number of halogens is 2. The molecule has 0 bridgehead atoms. The minimum absolute atomic E-state index is 0.238. The molecule has 0 saturated heterocycles. The van der Waals surface area contributed by atoms with Crippen LogP contribution in [0, 0.1) is 13.8 Å². The normalized spacial score (nSPS) is 11.9. The average molecular weight is 338 g/mol. The van der Waals surface area contributed by atoms with Crippen LogP contribution in [0.4, 0.5) is 5.69 Å². The van der Waals surface area contributed by atoms with Crippen LogP contribution in [0.15, 0.2) is 36.4 Å². The van der Waals surface area contributed by atoms with E-state index in [9.17, 15) is 4.79 Å². The molecule has 1 atom stereocenters. The highest BCUT2D eigenvalue weighted by Crippen LogP contribution is 2.33. The maximum atomic E-state index is 12.2. The first-order chi connectivity index (χ1) is 10.4. The van der Waals surface area contributed by atoms with Gasteiger partial charge in [-0.1, -0.05) is 41.4 Å². The number of rotatable bonds is 4. The number of nitrogens with one attached hydrogen (secondary N) is 1. The van der Waals surface area contributed by atoms with Gasteiger partial charge >= 0.3 is 0 Å². The Kier molecular flexibility index (Phi) is 5.33. The van der Waals surface area contributed by atoms with Crippen LogP contribution in [0.3, 0.4) is 0 Å². The summed E-state index contributed by atoms with van der Waals surface area (Å²) in [5.74, 6) is 0.203. The van der Waals surface area contributed by atoms with Crippen molar-refractivity contribution in [1.82, 2.24) is 0 Å². The summed E-state index contributed by atoms with van der Waals surface area (Å²) in [6.45, 7) is 5.41. The second-order valence-corrected chi connectivity index (χ2v) is 5.83. The highest BCUT2D eigenvalue weighted by atomic mass is 35.5. The van der Waals surface area contributed by atoms with E-state index in [4.69, 9.17) is 27.9 Å². The SMILES string of the molecule is Cc1ccccc1NC(=O)C(C)Oc1ccc(Cl)c(C)c1Cl. The summed E-state index contributed by atoms with van der Waals surface area (Å²) in [6.07, 6.45) is -0.683. The lowest BCUT2D eigenvalue weighted by Gasteiger charge is -2.17. The fourth-order valence-corrected chi connectivity index (χ4v) is 2.33. The van der Waals surface area contributed by atoms with Crippen molar-refractivity contribution in [3.05, 3.63) is 57.6 Å². The van der Waals surface area contributed by atoms with E-state index in [1.807, 2.05) is 31.2 Å². The number of carbonyl (C=O) groups excluding carboxylic acids is 1. The minimum Gasteiger partial charge on any atom is -0.479 e. The summed E-state index contributed by atoms with van der Waals surface area (Å²) < 4.78 is 5.65. The third-order valence-electron chi connectivity index (χ3n) is 3.36. The standard InChI is InChI=1S/C17H17Cl2NO2/c1-10-6-4-5-7-14(10)20-17(21)12(3)22-15-9-8-13(18)11(2)16(15)19/h4-9,12H,1-3H3,(H,20,21). The van der Waals surface area contributed by atoms with Gasteiger partial charge in [0.1, 0.15) is 5.75 Å². The van der Waals surface area contributed by atoms with E-state index >= 15 is 0 Å². The molecule has 0 fully saturated rings. The van der Waals surface area contributed by atoms with Gasteiger partial charge in [-0.2, -0.15) is 0 Å². The summed E-state index contributed by atoms with van der Waals surface area (Å²) in [5.41, 5.74) is 2.48. The number of carbonyl (C=O) groups is 1. The predicted molar refractivity (Wildman–Crippen MR) is 91.1 cm³/mol. The third-order valence-corrected chi connectivity index (χ3v) is 4.24. The monoisotopic (exact) mass is 337 g/mol. The molecule has 2 aromatic carbocycles. The molecule has 1 unspecified atom stereocenters. The van der Waals surface area contributed by atoms with Gasteiger partial charge in [-0.3, -0.25) is 4.79 Å². The molecule has 5 heteroatoms. The Balaban J connectivity index is 2.09. The lowest BCUT2D eigenvalue weighted by Crippen LogP contribution is -2.30. The van der Waals surface area contributed by atoms with Crippen LogP contribution in [0.25, 0.3) is 0 Å². The molecule has 2 rings (SSSR count). The van der Waals surface area contributed by atoms with Gasteiger partial charge in [0.2, 0.25) is 0 Å². The zero-order chi connectivity index (χ0) is 16.3. The molecule has 0 aromatic heterocycles. The van der Waals surface area contributed by atoms with Crippen LogP contribution in [0.2, 0.25) is 10.0 Å². The fourth-order valence-electron chi connectivity index (χ4n) is 1.92. The van der Waals surface area contributed by atoms with E-state index in [2.05, 4.69) is 5.32 Å². The van der Waals surface area contributed by atoms with Gasteiger partial charge in [0.25, 0.3) is 5.91 Å². The van der Waals surface area contributed by atoms with E-state index < -0.39 is 6.10 Å². The molecule has 1 N–H and O–H groups in total. The molecular weight excluding hydrogens is 321 g/mol. The minimum atomic E-state index is -0.683. The number of aryl methyl sites for hydroxylation is 1. The number of benzene rings is 2. The average Bonchev–Trinajstić information content (AvgIpc) is 2.50. The molecule has 116 valence electrons. The van der Waals surface area contributed by atoms with Gasteiger partial charge in [-0.15, -0.1) is 0 Å². The van der Waals surface area contributed by atoms with E-state index in [-0.39, 0.29) is 5.91 Å². The van der Waals surface area contributed by atoms with Crippen molar-refractivity contribution in [1.29, 1.82) is 0 Å². The van der Waals surface area contributed by atoms with Crippen molar-refractivity contribution in [2.45, 2.75) is 26.9 Å². The zero-order valence-corrected chi connectivity index (χ0v) is 14.1. The second kappa shape index (κ2) is 7.03. The third kappa shape index (κ3) is 3.73. The number of hydrogen-bond donors (Lipinski definition) is 1. The van der Waals surface area contributed by atoms with Crippen LogP contribution in [-0.2, 0) is 4.79 Å². The van der Waals surface area contributed by atoms with Crippen LogP contribution in [0.1, 0.15) is 18.1 Å². The van der Waals surface area contributed by atoms with E-state index in [0.29, 0.717) is 15.8 Å². The fraction of sp³-hybridized carbons (Fsp3) is 0.235. The molecule has 0 saturated carbocycles. The first-order valence-electron chi connectivity index (χ1n) is 6.88. The summed E-state index contributed by atoms with van der Waals surface area (Å²) in [4.78, 5) is 12.2. The highest BCUT2D eigenvalue weighted by molar-refractivity contribution is 6.36. The van der Waals surface area contributed by atoms with Crippen LogP contribution < -0.4 is 10.1 Å². The summed E-state index contributed by atoms with van der Waals surface area (Å²) in [6, 6.07) is 10.9. The Morgan fingerprint density at radius 1 is 1.14 bits per heavy atom. The summed E-state index contributed by atoms with van der Waals surface area (Å²) >= 11 is 12.2. The largest absolute Gasteiger partial charge is 0.479 e. The van der Waals surface area contributed by atoms with Crippen molar-refractivity contribution in [3.63, 3.8) is 0 Å². The quantitative estimate of drug-likeness (QED) is 0.850. The van der Waals surface area contributed by atoms with Crippen molar-refractivity contribution in [2.24, 2.45) is 0 Å². The number of hydrogen-bond acceptors (Lipinski definition) is 2. The molecule has 1 amide bonds. The van der Waals surface area contributed by atoms with Crippen molar-refractivity contribution in [3.8, 4) is 5.75 Å². The molecule has 0 spiro atoms. The number of para-hydroxylation sites is 1. The van der Waals surface area contributed by atoms with Gasteiger partial charge in [-0.05, 0) is 50.1 Å². The molecule has 22 heavy (non-hydrogen) atoms. The van der Waals surface area contributed by atoms with E-state index in [0.717, 1.165) is 16.8 Å². The van der Waals surface area contributed by atoms with Gasteiger partial charge in [-0.25, -0.2) is 0 Å². The van der Waals surface area contributed by atoms with Crippen LogP contribution >= 0.6 is 23.2 Å². The first-order valence-corrected chi connectivity index (χ1v) is 7.63. The second-order valence-electron chi connectivity index (χ2n) is 5.05. The Labute approximate surface area is 140 Å². The predicted octanol–water partition coefficient (Wildman–Crippen LogP) is 5.02. The van der Waals surface area contributed by atoms with Gasteiger partial charge < -0.3 is 10.1 Å². The molecule has 0 radical (unpaired) electrons. The zero-order valence-electron chi connectivity index (χ0n) is 12.6. The van der Waals surface area contributed by atoms with Gasteiger partial charge in [0.05, 0.1) is 5.02 Å². The van der Waals surface area contributed by atoms with E-state index in [1.54, 1.807) is 26.0 Å². The molecule has 0 aliphatic heterocycles. The van der Waals surface area contributed by atoms with Gasteiger partial charge in [0, 0.05) is 10.7 Å². The van der Waals surface area contributed by atoms with Gasteiger partial charge in [0.15, 0.2) is 6.10 Å². The Morgan fingerprint density at radius 3 is 2.50 bits per heavy atom. The molecule has 3 nitrogen and oxygen atoms in total. The van der Waals surface area contributed by atoms with E-state index in [1.165, 1.54) is 0 Å². The highest BCUT2D eigenvalue weighted by Gasteiger charge is 2.18. The molecular formula is C17H17Cl2NO2. The molecule has 0 aliphatic carbocycles. The Bertz CT molecular complexity index is 701. The molecule has 0 heterocycles. The first kappa shape index (κ1) is 16.7. The van der Waals surface area contributed by atoms with Crippen molar-refractivity contribution < 1.29 is 9.53 Å². The molecule has 0 aliphatic rings. The van der Waals surface area contributed by atoms with Crippen molar-refractivity contribution >= 4 is 34.8 Å². The smallest absolute Gasteiger partial charge is 0.265 e. The Hall–Kier alpha value is -1.71. The number of amides is 1. The summed E-state index contributed by atoms with van der Waals surface area (Å²) in [7, 11) is 0. The maximum absolute atomic E-state index is 12.2. The topological polar surface area (TPSA) is 38.3 Å².